The van der Waals surface area contributed by atoms with Gasteiger partial charge in [-0.25, -0.2) is 15.0 Å². The number of nitrogens with zero attached hydrogens (tertiary/aromatic N) is 6. The fraction of sp³-hybridized carbons (Fsp3) is 0.333. The van der Waals surface area contributed by atoms with Gasteiger partial charge in [0.2, 0.25) is 5.91 Å². The highest BCUT2D eigenvalue weighted by Gasteiger charge is 2.41. The zero-order valence-corrected chi connectivity index (χ0v) is 24.0. The van der Waals surface area contributed by atoms with Gasteiger partial charge >= 0.3 is 12.1 Å². The average Bonchev–Trinajstić information content (AvgIpc) is 3.41. The van der Waals surface area contributed by atoms with Gasteiger partial charge in [-0.05, 0) is 44.0 Å². The minimum Gasteiger partial charge on any atom is -0.480 e. The number of carboxylic acids is 1. The summed E-state index contributed by atoms with van der Waals surface area (Å²) in [5, 5.41) is 11.8. The lowest BCUT2D eigenvalue weighted by Gasteiger charge is -2.46. The van der Waals surface area contributed by atoms with Crippen LogP contribution >= 0.6 is 0 Å². The van der Waals surface area contributed by atoms with Crippen LogP contribution in [0.15, 0.2) is 55.0 Å². The van der Waals surface area contributed by atoms with Gasteiger partial charge in [-0.15, -0.1) is 0 Å². The molecule has 45 heavy (non-hydrogen) atoms. The number of aliphatic carboxylic acids is 1. The lowest BCUT2D eigenvalue weighted by Crippen LogP contribution is -2.61. The maximum atomic E-state index is 13.1. The predicted octanol–water partition coefficient (Wildman–Crippen LogP) is 3.51. The van der Waals surface area contributed by atoms with E-state index in [1.165, 1.54) is 12.1 Å². The van der Waals surface area contributed by atoms with E-state index < -0.39 is 29.7 Å². The first-order valence-electron chi connectivity index (χ1n) is 14.2. The Labute approximate surface area is 254 Å². The van der Waals surface area contributed by atoms with Crippen LogP contribution < -0.4 is 11.1 Å². The number of rotatable bonds is 6. The van der Waals surface area contributed by atoms with E-state index in [2.05, 4.69) is 15.3 Å². The van der Waals surface area contributed by atoms with Gasteiger partial charge in [0, 0.05) is 54.8 Å². The second kappa shape index (κ2) is 11.5. The number of fused-ring (bicyclic) bond motifs is 2. The molecule has 2 aliphatic rings. The number of nitrogens with two attached hydrogens (primary N) is 1. The number of hydrogen-bond donors (Lipinski definition) is 3. The van der Waals surface area contributed by atoms with E-state index >= 15 is 0 Å². The molecule has 234 valence electrons. The van der Waals surface area contributed by atoms with Crippen LogP contribution in [0.2, 0.25) is 0 Å². The van der Waals surface area contributed by atoms with Gasteiger partial charge in [0.15, 0.2) is 0 Å². The highest BCUT2D eigenvalue weighted by Crippen LogP contribution is 2.36. The zero-order valence-electron chi connectivity index (χ0n) is 24.0. The molecule has 0 bridgehead atoms. The molecule has 2 saturated heterocycles. The molecule has 3 atom stereocenters. The third-order valence-corrected chi connectivity index (χ3v) is 8.44. The van der Waals surface area contributed by atoms with Crippen molar-refractivity contribution in [1.82, 2.24) is 29.2 Å². The molecule has 3 aromatic heterocycles. The molecule has 15 heteroatoms. The molecule has 6 rings (SSSR count). The summed E-state index contributed by atoms with van der Waals surface area (Å²) in [5.41, 5.74) is 7.29. The van der Waals surface area contributed by atoms with Crippen LogP contribution in [0.4, 0.5) is 24.8 Å². The number of halogens is 3. The number of carbonyl (C=O) groups is 3. The van der Waals surface area contributed by atoms with E-state index in [9.17, 15) is 32.7 Å². The number of nitrogen functional groups attached to an aromatic ring is 1. The Morgan fingerprint density at radius 2 is 1.84 bits per heavy atom. The first-order valence-corrected chi connectivity index (χ1v) is 14.2. The molecule has 5 heterocycles. The smallest absolute Gasteiger partial charge is 0.416 e. The number of pyridine rings is 1. The summed E-state index contributed by atoms with van der Waals surface area (Å²) in [6.45, 7) is 2.52. The Morgan fingerprint density at radius 1 is 1.09 bits per heavy atom. The Balaban J connectivity index is 1.24. The van der Waals surface area contributed by atoms with Crippen LogP contribution in [0.25, 0.3) is 16.8 Å². The summed E-state index contributed by atoms with van der Waals surface area (Å²) in [5.74, 6) is -1.14. The van der Waals surface area contributed by atoms with Gasteiger partial charge in [0.25, 0.3) is 5.91 Å². The molecule has 0 aliphatic carbocycles. The molecule has 0 saturated carbocycles. The lowest BCUT2D eigenvalue weighted by molar-refractivity contribution is -0.150. The largest absolute Gasteiger partial charge is 0.480 e. The highest BCUT2D eigenvalue weighted by atomic mass is 19.4. The molecule has 0 radical (unpaired) electrons. The number of nitrogens with one attached hydrogen (secondary N) is 1. The Morgan fingerprint density at radius 3 is 2.56 bits per heavy atom. The van der Waals surface area contributed by atoms with Crippen LogP contribution in [0.1, 0.15) is 47.4 Å². The lowest BCUT2D eigenvalue weighted by atomic mass is 9.90. The number of aromatic nitrogens is 4. The van der Waals surface area contributed by atoms with Crippen LogP contribution in [-0.2, 0) is 15.8 Å². The predicted molar refractivity (Wildman–Crippen MR) is 156 cm³/mol. The number of benzene rings is 1. The Bertz CT molecular complexity index is 1790. The van der Waals surface area contributed by atoms with E-state index in [-0.39, 0.29) is 41.6 Å². The molecule has 4 aromatic rings. The molecular weight excluding hydrogens is 593 g/mol. The zero-order chi connectivity index (χ0) is 32.0. The van der Waals surface area contributed by atoms with Gasteiger partial charge in [0.1, 0.15) is 34.7 Å². The number of piperidine rings is 1. The molecule has 2 amide bonds. The highest BCUT2D eigenvalue weighted by molar-refractivity contribution is 6.04. The van der Waals surface area contributed by atoms with Crippen LogP contribution in [0.3, 0.4) is 0 Å². The van der Waals surface area contributed by atoms with Crippen LogP contribution in [0.5, 0.6) is 0 Å². The number of amides is 2. The number of carbonyl (C=O) groups excluding carboxylic acids is 2. The van der Waals surface area contributed by atoms with E-state index in [0.29, 0.717) is 48.5 Å². The molecule has 4 N–H and O–H groups in total. The summed E-state index contributed by atoms with van der Waals surface area (Å²) in [4.78, 5) is 53.9. The van der Waals surface area contributed by atoms with Gasteiger partial charge in [-0.1, -0.05) is 12.1 Å². The van der Waals surface area contributed by atoms with Crippen molar-refractivity contribution < 1.29 is 32.7 Å². The van der Waals surface area contributed by atoms with Crippen molar-refractivity contribution in [3.8, 4) is 11.3 Å². The number of piperazine rings is 1. The van der Waals surface area contributed by atoms with Gasteiger partial charge < -0.3 is 21.1 Å². The van der Waals surface area contributed by atoms with Crippen LogP contribution in [-0.4, -0.2) is 83.8 Å². The number of alkyl halides is 3. The molecule has 2 aliphatic heterocycles. The van der Waals surface area contributed by atoms with E-state index in [0.717, 1.165) is 18.3 Å². The number of carboxylic acid groups (broad SMARTS) is 1. The molecule has 0 spiro atoms. The molecule has 12 nitrogen and oxygen atoms in total. The second-order valence-corrected chi connectivity index (χ2v) is 11.2. The summed E-state index contributed by atoms with van der Waals surface area (Å²) in [7, 11) is 0. The third-order valence-electron chi connectivity index (χ3n) is 8.44. The fourth-order valence-corrected chi connectivity index (χ4v) is 6.00. The third kappa shape index (κ3) is 5.78. The number of imidazole rings is 1. The first kappa shape index (κ1) is 30.0. The van der Waals surface area contributed by atoms with Crippen molar-refractivity contribution in [2.45, 2.75) is 43.9 Å². The SMILES string of the molecule is CC(C(=O)O)N1CC(=O)N2C[C@H](c3nc(-c4ccc(C(=O)Nc5cc(C(F)(F)F)ccn5)cc4)c4c(N)nccn34)CC[C@H]2C1. The van der Waals surface area contributed by atoms with Crippen molar-refractivity contribution in [3.63, 3.8) is 0 Å². The van der Waals surface area contributed by atoms with Gasteiger partial charge in [-0.3, -0.25) is 23.7 Å². The normalized spacial score (nSPS) is 19.7. The molecule has 1 aromatic carbocycles. The average molecular weight is 623 g/mol. The summed E-state index contributed by atoms with van der Waals surface area (Å²) in [6.07, 6.45) is 1.11. The van der Waals surface area contributed by atoms with E-state index in [1.807, 2.05) is 9.30 Å². The number of hydrogen-bond acceptors (Lipinski definition) is 8. The van der Waals surface area contributed by atoms with Crippen LogP contribution in [0, 0.1) is 0 Å². The quantitative estimate of drug-likeness (QED) is 0.293. The van der Waals surface area contributed by atoms with Crippen molar-refractivity contribution in [1.29, 1.82) is 0 Å². The van der Waals surface area contributed by atoms with Crippen molar-refractivity contribution in [3.05, 3.63) is 71.9 Å². The summed E-state index contributed by atoms with van der Waals surface area (Å²) in [6, 6.07) is 7.12. The monoisotopic (exact) mass is 622 g/mol. The standard InChI is InChI=1S/C30H29F3N8O4/c1-16(29(44)45)39-14-21-7-6-19(13-41(21)23(42)15-39)27-38-24(25-26(34)36-10-11-40(25)27)17-2-4-18(5-3-17)28(43)37-22-12-20(8-9-35-22)30(31,32)33/h2-5,8-12,16,19,21H,6-7,13-15H2,1H3,(H2,34,36)(H,44,45)(H,35,37,43)/t16?,19-,21+/m1/s1. The maximum absolute atomic E-state index is 13.1. The fourth-order valence-electron chi connectivity index (χ4n) is 6.00. The Hall–Kier alpha value is -5.05. The second-order valence-electron chi connectivity index (χ2n) is 11.2. The molecular formula is C30H29F3N8O4. The number of anilines is 2. The van der Waals surface area contributed by atoms with Gasteiger partial charge in [-0.2, -0.15) is 13.2 Å². The van der Waals surface area contributed by atoms with E-state index in [4.69, 9.17) is 10.7 Å². The topological polar surface area (TPSA) is 159 Å². The minimum absolute atomic E-state index is 0.0326. The van der Waals surface area contributed by atoms with Crippen molar-refractivity contribution in [2.75, 3.05) is 30.7 Å². The minimum atomic E-state index is -4.57. The molecule has 1 unspecified atom stereocenters. The summed E-state index contributed by atoms with van der Waals surface area (Å²) < 4.78 is 41.0. The van der Waals surface area contributed by atoms with E-state index in [1.54, 1.807) is 36.4 Å². The van der Waals surface area contributed by atoms with Gasteiger partial charge in [0.05, 0.1) is 12.1 Å². The van der Waals surface area contributed by atoms with Crippen molar-refractivity contribution >= 4 is 34.9 Å². The molecule has 2 fully saturated rings. The Kier molecular flexibility index (Phi) is 7.64. The maximum Gasteiger partial charge on any atom is 0.416 e. The first-order chi connectivity index (χ1) is 21.4. The van der Waals surface area contributed by atoms with Crippen molar-refractivity contribution in [2.24, 2.45) is 0 Å². The summed E-state index contributed by atoms with van der Waals surface area (Å²) >= 11 is 0.